The van der Waals surface area contributed by atoms with Crippen molar-refractivity contribution in [3.63, 3.8) is 0 Å². The van der Waals surface area contributed by atoms with Crippen molar-refractivity contribution in [3.8, 4) is 0 Å². The van der Waals surface area contributed by atoms with Crippen LogP contribution in [0.4, 0.5) is 14.6 Å². The third kappa shape index (κ3) is 4.68. The molecule has 0 fully saturated rings. The Morgan fingerprint density at radius 1 is 1.26 bits per heavy atom. The third-order valence-electron chi connectivity index (χ3n) is 4.00. The lowest BCUT2D eigenvalue weighted by Crippen LogP contribution is -2.23. The number of nitrogens with zero attached hydrogens (tertiary/aromatic N) is 2. The van der Waals surface area contributed by atoms with Crippen LogP contribution in [0.2, 0.25) is 0 Å². The van der Waals surface area contributed by atoms with Gasteiger partial charge in [0.25, 0.3) is 11.6 Å². The summed E-state index contributed by atoms with van der Waals surface area (Å²) in [5.41, 5.74) is -0.458. The van der Waals surface area contributed by atoms with Gasteiger partial charge in [-0.3, -0.25) is 9.78 Å². The number of alkyl halides is 2. The number of carbonyl (C=O) groups is 1. The standard InChI is InChI=1S/C18H16F2IN4OP/c1-10-6-12-7-11(2-5-15(12)24-16(10)25-21)17(26)23-9-14-4-3-13(8-22-14)18(19,20)27/h2-8H,9,27H2,1H3,(H,23,26)(H,24,25). The number of amides is 1. The number of benzene rings is 1. The zero-order chi connectivity index (χ0) is 19.6. The fraction of sp³-hybridized carbons (Fsp3) is 0.167. The van der Waals surface area contributed by atoms with Crippen LogP contribution in [-0.2, 0) is 12.2 Å². The number of anilines is 1. The smallest absolute Gasteiger partial charge is 0.285 e. The molecule has 27 heavy (non-hydrogen) atoms. The van der Waals surface area contributed by atoms with Gasteiger partial charge in [0.05, 0.1) is 40.6 Å². The molecule has 2 heterocycles. The number of carbonyl (C=O) groups excluding carboxylic acids is 1. The Morgan fingerprint density at radius 2 is 2.04 bits per heavy atom. The minimum atomic E-state index is -3.02. The molecule has 2 N–H and O–H groups in total. The van der Waals surface area contributed by atoms with E-state index in [4.69, 9.17) is 0 Å². The third-order valence-corrected chi connectivity index (χ3v) is 4.84. The van der Waals surface area contributed by atoms with Gasteiger partial charge >= 0.3 is 0 Å². The summed E-state index contributed by atoms with van der Waals surface area (Å²) in [7, 11) is 1.47. The van der Waals surface area contributed by atoms with E-state index in [2.05, 4.69) is 18.8 Å². The molecule has 3 aromatic rings. The fourth-order valence-electron chi connectivity index (χ4n) is 2.52. The van der Waals surface area contributed by atoms with E-state index in [1.54, 1.807) is 18.2 Å². The number of rotatable bonds is 5. The van der Waals surface area contributed by atoms with Crippen LogP contribution < -0.4 is 8.85 Å². The van der Waals surface area contributed by atoms with Gasteiger partial charge in [-0.15, -0.1) is 0 Å². The van der Waals surface area contributed by atoms with Crippen LogP contribution in [0, 0.1) is 6.92 Å². The number of pyridine rings is 2. The molecular weight excluding hydrogens is 484 g/mol. The Labute approximate surface area is 171 Å². The predicted molar refractivity (Wildman–Crippen MR) is 113 cm³/mol. The summed E-state index contributed by atoms with van der Waals surface area (Å²) in [4.78, 5) is 20.9. The van der Waals surface area contributed by atoms with Crippen LogP contribution >= 0.6 is 32.1 Å². The van der Waals surface area contributed by atoms with Crippen molar-refractivity contribution in [2.24, 2.45) is 0 Å². The largest absolute Gasteiger partial charge is 0.346 e. The molecule has 0 spiro atoms. The Kier molecular flexibility index (Phi) is 5.86. The summed E-state index contributed by atoms with van der Waals surface area (Å²) in [5.74, 6) is 0.513. The molecule has 0 aliphatic heterocycles. The highest BCUT2D eigenvalue weighted by molar-refractivity contribution is 14.1. The molecule has 3 rings (SSSR count). The summed E-state index contributed by atoms with van der Waals surface area (Å²) >= 11 is 2.03. The molecule has 1 amide bonds. The molecule has 1 atom stereocenters. The van der Waals surface area contributed by atoms with Crippen LogP contribution in [0.25, 0.3) is 10.9 Å². The van der Waals surface area contributed by atoms with E-state index in [0.29, 0.717) is 11.3 Å². The molecule has 0 aliphatic carbocycles. The molecule has 9 heteroatoms. The Morgan fingerprint density at radius 3 is 2.67 bits per heavy atom. The first-order valence-electron chi connectivity index (χ1n) is 7.96. The van der Waals surface area contributed by atoms with Crippen molar-refractivity contribution in [2.45, 2.75) is 19.1 Å². The van der Waals surface area contributed by atoms with E-state index in [0.717, 1.165) is 28.5 Å². The maximum Gasteiger partial charge on any atom is 0.285 e. The number of nitrogens with one attached hydrogen (secondary N) is 2. The van der Waals surface area contributed by atoms with Gasteiger partial charge in [0.15, 0.2) is 0 Å². The quantitative estimate of drug-likeness (QED) is 0.307. The maximum atomic E-state index is 13.2. The van der Waals surface area contributed by atoms with Crippen molar-refractivity contribution in [3.05, 3.63) is 65.0 Å². The second-order valence-corrected chi connectivity index (χ2v) is 7.26. The van der Waals surface area contributed by atoms with E-state index in [1.807, 2.05) is 35.9 Å². The van der Waals surface area contributed by atoms with Gasteiger partial charge < -0.3 is 8.85 Å². The molecule has 1 unspecified atom stereocenters. The SMILES string of the molecule is Cc1cc2cc(C(=O)NCc3ccc(C(F)(F)P)cn3)ccc2nc1NI. The molecule has 0 saturated carbocycles. The monoisotopic (exact) mass is 500 g/mol. The van der Waals surface area contributed by atoms with Gasteiger partial charge in [0.2, 0.25) is 0 Å². The van der Waals surface area contributed by atoms with Crippen LogP contribution in [-0.4, -0.2) is 15.9 Å². The minimum Gasteiger partial charge on any atom is -0.346 e. The lowest BCUT2D eigenvalue weighted by molar-refractivity contribution is 0.0949. The van der Waals surface area contributed by atoms with E-state index in [-0.39, 0.29) is 18.0 Å². The molecule has 0 bridgehead atoms. The molecular formula is C18H16F2IN4OP. The molecule has 1 aromatic carbocycles. The molecule has 140 valence electrons. The highest BCUT2D eigenvalue weighted by Gasteiger charge is 2.24. The highest BCUT2D eigenvalue weighted by atomic mass is 127. The average molecular weight is 500 g/mol. The Hall–Kier alpha value is -1.93. The first kappa shape index (κ1) is 19.8. The van der Waals surface area contributed by atoms with Gasteiger partial charge in [-0.25, -0.2) is 4.98 Å². The lowest BCUT2D eigenvalue weighted by atomic mass is 10.1. The summed E-state index contributed by atoms with van der Waals surface area (Å²) in [5, 5.41) is 3.61. The first-order chi connectivity index (χ1) is 12.8. The molecule has 0 radical (unpaired) electrons. The van der Waals surface area contributed by atoms with Crippen LogP contribution in [0.15, 0.2) is 42.6 Å². The van der Waals surface area contributed by atoms with Crippen molar-refractivity contribution in [1.29, 1.82) is 0 Å². The molecule has 0 saturated heterocycles. The van der Waals surface area contributed by atoms with Crippen LogP contribution in [0.1, 0.15) is 27.2 Å². The molecule has 2 aromatic heterocycles. The summed E-state index contributed by atoms with van der Waals surface area (Å²) < 4.78 is 29.3. The minimum absolute atomic E-state index is 0.147. The zero-order valence-corrected chi connectivity index (χ0v) is 17.6. The van der Waals surface area contributed by atoms with E-state index in [9.17, 15) is 13.6 Å². The van der Waals surface area contributed by atoms with Crippen molar-refractivity contribution in [2.75, 3.05) is 3.53 Å². The van der Waals surface area contributed by atoms with E-state index < -0.39 is 5.66 Å². The number of halogens is 3. The number of hydrogen-bond donors (Lipinski definition) is 2. The first-order valence-corrected chi connectivity index (χ1v) is 9.62. The van der Waals surface area contributed by atoms with Gasteiger partial charge in [-0.1, -0.05) is 9.24 Å². The summed E-state index contributed by atoms with van der Waals surface area (Å²) in [6.07, 6.45) is 1.11. The number of fused-ring (bicyclic) bond motifs is 1. The molecule has 0 aliphatic rings. The fourth-order valence-corrected chi connectivity index (χ4v) is 3.23. The number of hydrogen-bond acceptors (Lipinski definition) is 4. The zero-order valence-electron chi connectivity index (χ0n) is 14.3. The van der Waals surface area contributed by atoms with Gasteiger partial charge in [0, 0.05) is 22.7 Å². The number of aromatic nitrogens is 2. The number of aryl methyl sites for hydroxylation is 1. The maximum absolute atomic E-state index is 13.2. The normalized spacial score (nSPS) is 11.4. The van der Waals surface area contributed by atoms with E-state index >= 15 is 0 Å². The predicted octanol–water partition coefficient (Wildman–Crippen LogP) is 4.55. The van der Waals surface area contributed by atoms with Crippen molar-refractivity contribution in [1.82, 2.24) is 15.3 Å². The Balaban J connectivity index is 1.72. The van der Waals surface area contributed by atoms with Gasteiger partial charge in [0.1, 0.15) is 5.82 Å². The van der Waals surface area contributed by atoms with Gasteiger partial charge in [-0.2, -0.15) is 8.78 Å². The second-order valence-electron chi connectivity index (χ2n) is 6.00. The topological polar surface area (TPSA) is 66.9 Å². The van der Waals surface area contributed by atoms with Gasteiger partial charge in [-0.05, 0) is 48.9 Å². The van der Waals surface area contributed by atoms with Crippen molar-refractivity contribution >= 4 is 54.7 Å². The highest BCUT2D eigenvalue weighted by Crippen LogP contribution is 2.34. The summed E-state index contributed by atoms with van der Waals surface area (Å²) in [6.45, 7) is 2.09. The van der Waals surface area contributed by atoms with Crippen LogP contribution in [0.5, 0.6) is 0 Å². The van der Waals surface area contributed by atoms with E-state index in [1.165, 1.54) is 21.4 Å². The van der Waals surface area contributed by atoms with Crippen molar-refractivity contribution < 1.29 is 13.6 Å². The average Bonchev–Trinajstić information content (AvgIpc) is 2.64. The summed E-state index contributed by atoms with van der Waals surface area (Å²) in [6, 6.07) is 9.98. The Bertz CT molecular complexity index is 993. The molecule has 5 nitrogen and oxygen atoms in total. The van der Waals surface area contributed by atoms with Crippen LogP contribution in [0.3, 0.4) is 0 Å². The second kappa shape index (κ2) is 7.98. The lowest BCUT2D eigenvalue weighted by Gasteiger charge is -2.11.